The average molecular weight is 246 g/mol. The largest absolute Gasteiger partial charge is 0.491 e. The first-order valence-corrected chi connectivity index (χ1v) is 5.99. The minimum absolute atomic E-state index is 0.0514. The summed E-state index contributed by atoms with van der Waals surface area (Å²) in [5, 5.41) is 10.1. The summed E-state index contributed by atoms with van der Waals surface area (Å²) >= 11 is 0. The molecule has 0 spiro atoms. The summed E-state index contributed by atoms with van der Waals surface area (Å²) < 4.78 is 5.70. The first kappa shape index (κ1) is 12.8. The number of hydrogen-bond donors (Lipinski definition) is 2. The maximum atomic E-state index is 9.07. The normalized spacial score (nSPS) is 14.4. The Morgan fingerprint density at radius 2 is 2.11 bits per heavy atom. The summed E-state index contributed by atoms with van der Waals surface area (Å²) in [6, 6.07) is 9.72. The highest BCUT2D eigenvalue weighted by Gasteiger charge is 2.16. The number of nitrogens with zero attached hydrogens (tertiary/aromatic N) is 1. The molecule has 0 aliphatic carbocycles. The van der Waals surface area contributed by atoms with Gasteiger partial charge in [0.25, 0.3) is 0 Å². The smallest absolute Gasteiger partial charge is 0.145 e. The average Bonchev–Trinajstić information content (AvgIpc) is 2.39. The van der Waals surface area contributed by atoms with Crippen molar-refractivity contribution in [3.05, 3.63) is 36.5 Å². The molecule has 4 heteroatoms. The van der Waals surface area contributed by atoms with Gasteiger partial charge in [0.2, 0.25) is 0 Å². The van der Waals surface area contributed by atoms with Crippen LogP contribution < -0.4 is 10.5 Å². The van der Waals surface area contributed by atoms with E-state index in [0.717, 1.165) is 16.7 Å². The monoisotopic (exact) mass is 246 g/mol. The molecule has 2 rings (SSSR count). The van der Waals surface area contributed by atoms with Gasteiger partial charge >= 0.3 is 0 Å². The number of nitrogens with two attached hydrogens (primary N) is 1. The Kier molecular flexibility index (Phi) is 3.79. The molecule has 0 amide bonds. The number of para-hydroxylation sites is 1. The maximum Gasteiger partial charge on any atom is 0.145 e. The Labute approximate surface area is 106 Å². The van der Waals surface area contributed by atoms with E-state index in [-0.39, 0.29) is 6.61 Å². The zero-order valence-electron chi connectivity index (χ0n) is 10.5. The SMILES string of the molecule is CC(N)(CO)CCOc1cccc2cccnc12. The molecule has 0 aliphatic rings. The molecule has 1 unspecified atom stereocenters. The van der Waals surface area contributed by atoms with Crippen LogP contribution in [0.2, 0.25) is 0 Å². The van der Waals surface area contributed by atoms with E-state index in [9.17, 15) is 0 Å². The van der Waals surface area contributed by atoms with Gasteiger partial charge in [-0.2, -0.15) is 0 Å². The van der Waals surface area contributed by atoms with Gasteiger partial charge in [0.15, 0.2) is 0 Å². The Hall–Kier alpha value is -1.65. The van der Waals surface area contributed by atoms with Crippen LogP contribution in [-0.4, -0.2) is 28.8 Å². The fraction of sp³-hybridized carbons (Fsp3) is 0.357. The van der Waals surface area contributed by atoms with Crippen molar-refractivity contribution in [3.8, 4) is 5.75 Å². The van der Waals surface area contributed by atoms with Gasteiger partial charge < -0.3 is 15.6 Å². The number of pyridine rings is 1. The minimum Gasteiger partial charge on any atom is -0.491 e. The molecule has 0 fully saturated rings. The van der Waals surface area contributed by atoms with Crippen LogP contribution in [-0.2, 0) is 0 Å². The van der Waals surface area contributed by atoms with E-state index >= 15 is 0 Å². The van der Waals surface area contributed by atoms with E-state index in [1.807, 2.05) is 30.3 Å². The Morgan fingerprint density at radius 3 is 2.89 bits per heavy atom. The highest BCUT2D eigenvalue weighted by Crippen LogP contribution is 2.23. The fourth-order valence-corrected chi connectivity index (χ4v) is 1.67. The molecule has 0 saturated heterocycles. The second-order valence-electron chi connectivity index (χ2n) is 4.74. The Bertz CT molecular complexity index is 521. The molecule has 1 atom stereocenters. The lowest BCUT2D eigenvalue weighted by atomic mass is 10.0. The third kappa shape index (κ3) is 2.97. The van der Waals surface area contributed by atoms with E-state index in [1.54, 1.807) is 13.1 Å². The standard InChI is InChI=1S/C14H18N2O2/c1-14(15,10-17)7-9-18-12-6-2-4-11-5-3-8-16-13(11)12/h2-6,8,17H,7,9-10,15H2,1H3. The lowest BCUT2D eigenvalue weighted by Crippen LogP contribution is -2.41. The zero-order valence-corrected chi connectivity index (χ0v) is 10.5. The number of rotatable bonds is 5. The lowest BCUT2D eigenvalue weighted by Gasteiger charge is -2.21. The van der Waals surface area contributed by atoms with Gasteiger partial charge in [0.05, 0.1) is 13.2 Å². The molecule has 0 radical (unpaired) electrons. The molecule has 18 heavy (non-hydrogen) atoms. The molecular formula is C14H18N2O2. The lowest BCUT2D eigenvalue weighted by molar-refractivity contribution is 0.175. The third-order valence-corrected chi connectivity index (χ3v) is 2.89. The molecule has 1 aromatic carbocycles. The van der Waals surface area contributed by atoms with Crippen LogP contribution >= 0.6 is 0 Å². The predicted octanol–water partition coefficient (Wildman–Crippen LogP) is 1.71. The molecular weight excluding hydrogens is 228 g/mol. The van der Waals surface area contributed by atoms with E-state index < -0.39 is 5.54 Å². The van der Waals surface area contributed by atoms with Gasteiger partial charge in [-0.1, -0.05) is 18.2 Å². The summed E-state index contributed by atoms with van der Waals surface area (Å²) in [5.41, 5.74) is 6.10. The summed E-state index contributed by atoms with van der Waals surface area (Å²) in [6.07, 6.45) is 2.34. The second-order valence-corrected chi connectivity index (χ2v) is 4.74. The number of aromatic nitrogens is 1. The van der Waals surface area contributed by atoms with Crippen LogP contribution in [0.1, 0.15) is 13.3 Å². The third-order valence-electron chi connectivity index (χ3n) is 2.89. The van der Waals surface area contributed by atoms with Gasteiger partial charge in [-0.25, -0.2) is 0 Å². The van der Waals surface area contributed by atoms with Crippen LogP contribution in [0.15, 0.2) is 36.5 Å². The molecule has 4 nitrogen and oxygen atoms in total. The number of benzene rings is 1. The van der Waals surface area contributed by atoms with Crippen molar-refractivity contribution in [2.45, 2.75) is 18.9 Å². The molecule has 1 heterocycles. The molecule has 96 valence electrons. The Balaban J connectivity index is 2.08. The molecule has 3 N–H and O–H groups in total. The van der Waals surface area contributed by atoms with Gasteiger partial charge in [0, 0.05) is 23.5 Å². The van der Waals surface area contributed by atoms with Crippen molar-refractivity contribution in [2.24, 2.45) is 5.73 Å². The first-order chi connectivity index (χ1) is 8.62. The summed E-state index contributed by atoms with van der Waals surface area (Å²) in [4.78, 5) is 4.31. The molecule has 2 aromatic rings. The van der Waals surface area contributed by atoms with Crippen LogP contribution in [0.25, 0.3) is 10.9 Å². The van der Waals surface area contributed by atoms with Gasteiger partial charge in [0.1, 0.15) is 11.3 Å². The van der Waals surface area contributed by atoms with Crippen molar-refractivity contribution in [2.75, 3.05) is 13.2 Å². The van der Waals surface area contributed by atoms with Gasteiger partial charge in [-0.05, 0) is 19.1 Å². The number of hydrogen-bond acceptors (Lipinski definition) is 4. The van der Waals surface area contributed by atoms with E-state index in [0.29, 0.717) is 13.0 Å². The van der Waals surface area contributed by atoms with E-state index in [2.05, 4.69) is 4.98 Å². The number of aliphatic hydroxyl groups is 1. The topological polar surface area (TPSA) is 68.4 Å². The van der Waals surface area contributed by atoms with Gasteiger partial charge in [-0.3, -0.25) is 4.98 Å². The van der Waals surface area contributed by atoms with Crippen molar-refractivity contribution >= 4 is 10.9 Å². The summed E-state index contributed by atoms with van der Waals surface area (Å²) in [5.74, 6) is 0.752. The molecule has 0 aliphatic heterocycles. The Morgan fingerprint density at radius 1 is 1.33 bits per heavy atom. The number of fused-ring (bicyclic) bond motifs is 1. The van der Waals surface area contributed by atoms with Crippen LogP contribution in [0.4, 0.5) is 0 Å². The highest BCUT2D eigenvalue weighted by molar-refractivity contribution is 5.84. The minimum atomic E-state index is -0.599. The molecule has 0 saturated carbocycles. The van der Waals surface area contributed by atoms with Crippen LogP contribution in [0.3, 0.4) is 0 Å². The molecule has 1 aromatic heterocycles. The summed E-state index contributed by atoms with van der Waals surface area (Å²) in [7, 11) is 0. The fourth-order valence-electron chi connectivity index (χ4n) is 1.67. The highest BCUT2D eigenvalue weighted by atomic mass is 16.5. The first-order valence-electron chi connectivity index (χ1n) is 5.99. The number of ether oxygens (including phenoxy) is 1. The molecule has 0 bridgehead atoms. The van der Waals surface area contributed by atoms with Crippen molar-refractivity contribution in [3.63, 3.8) is 0 Å². The second kappa shape index (κ2) is 5.33. The zero-order chi connectivity index (χ0) is 13.0. The van der Waals surface area contributed by atoms with Gasteiger partial charge in [-0.15, -0.1) is 0 Å². The van der Waals surface area contributed by atoms with E-state index in [4.69, 9.17) is 15.6 Å². The maximum absolute atomic E-state index is 9.07. The van der Waals surface area contributed by atoms with Crippen molar-refractivity contribution < 1.29 is 9.84 Å². The quantitative estimate of drug-likeness (QED) is 0.842. The van der Waals surface area contributed by atoms with Crippen molar-refractivity contribution in [1.82, 2.24) is 4.98 Å². The van der Waals surface area contributed by atoms with E-state index in [1.165, 1.54) is 0 Å². The van der Waals surface area contributed by atoms with Crippen LogP contribution in [0.5, 0.6) is 5.75 Å². The number of aliphatic hydroxyl groups excluding tert-OH is 1. The predicted molar refractivity (Wildman–Crippen MR) is 71.5 cm³/mol. The van der Waals surface area contributed by atoms with Crippen LogP contribution in [0, 0.1) is 0 Å². The van der Waals surface area contributed by atoms with Crippen molar-refractivity contribution in [1.29, 1.82) is 0 Å². The summed E-state index contributed by atoms with van der Waals surface area (Å²) in [6.45, 7) is 2.21.